The molecule has 0 N–H and O–H groups in total. The van der Waals surface area contributed by atoms with Gasteiger partial charge in [-0.15, -0.1) is 0 Å². The number of ketones is 1. The fraction of sp³-hybridized carbons (Fsp3) is 0.757. The SMILES string of the molecule is CC(C)=C1CC2=C(O[Si](C)(C)C(C)(C)C)C[C@@H]3O[C@H]4CC(O[Si](C)(C)C(C)(C)C)=C5CC(=C(C)C)C[C@H]5[C@H]4C(=O)[C@@H]3[C@@H]2C1. The maximum absolute atomic E-state index is 14.9. The third-order valence-corrected chi connectivity index (χ3v) is 21.3. The lowest BCUT2D eigenvalue weighted by Crippen LogP contribution is -2.56. The molecule has 0 amide bonds. The molecule has 4 aliphatic carbocycles. The number of allylic oxidation sites excluding steroid dienone is 6. The molecule has 1 heterocycles. The van der Waals surface area contributed by atoms with E-state index in [4.69, 9.17) is 13.6 Å². The van der Waals surface area contributed by atoms with Crippen molar-refractivity contribution in [2.24, 2.45) is 23.7 Å². The van der Waals surface area contributed by atoms with Crippen molar-refractivity contribution < 1.29 is 18.4 Å². The van der Waals surface area contributed by atoms with Crippen molar-refractivity contribution in [1.29, 1.82) is 0 Å². The Labute approximate surface area is 265 Å². The first kappa shape index (κ1) is 33.0. The van der Waals surface area contributed by atoms with E-state index in [2.05, 4.69) is 95.4 Å². The summed E-state index contributed by atoms with van der Waals surface area (Å²) in [7, 11) is -4.09. The molecular formula is C37H60O4Si2. The van der Waals surface area contributed by atoms with E-state index in [9.17, 15) is 4.79 Å². The second-order valence-corrected chi connectivity index (χ2v) is 27.3. The third kappa shape index (κ3) is 5.75. The van der Waals surface area contributed by atoms with Gasteiger partial charge < -0.3 is 13.6 Å². The molecule has 0 bridgehead atoms. The van der Waals surface area contributed by atoms with Crippen LogP contribution in [0.15, 0.2) is 45.0 Å². The monoisotopic (exact) mass is 624 g/mol. The van der Waals surface area contributed by atoms with Crippen LogP contribution in [0.4, 0.5) is 0 Å². The summed E-state index contributed by atoms with van der Waals surface area (Å²) in [6.07, 6.45) is 5.10. The van der Waals surface area contributed by atoms with Crippen molar-refractivity contribution >= 4 is 22.4 Å². The molecular weight excluding hydrogens is 565 g/mol. The van der Waals surface area contributed by atoms with E-state index in [0.29, 0.717) is 5.78 Å². The molecule has 2 saturated carbocycles. The lowest BCUT2D eigenvalue weighted by molar-refractivity contribution is -0.170. The average molecular weight is 625 g/mol. The molecule has 0 radical (unpaired) electrons. The molecule has 43 heavy (non-hydrogen) atoms. The van der Waals surface area contributed by atoms with E-state index < -0.39 is 16.6 Å². The van der Waals surface area contributed by atoms with Crippen molar-refractivity contribution in [2.45, 2.75) is 156 Å². The van der Waals surface area contributed by atoms with Crippen LogP contribution in [0.2, 0.25) is 36.3 Å². The van der Waals surface area contributed by atoms with Crippen LogP contribution in [-0.2, 0) is 18.4 Å². The summed E-state index contributed by atoms with van der Waals surface area (Å²) in [4.78, 5) is 14.9. The van der Waals surface area contributed by atoms with Gasteiger partial charge in [-0.25, -0.2) is 0 Å². The Balaban J connectivity index is 1.55. The first-order chi connectivity index (χ1) is 19.6. The summed E-state index contributed by atoms with van der Waals surface area (Å²) in [6, 6.07) is 0. The van der Waals surface area contributed by atoms with E-state index >= 15 is 0 Å². The van der Waals surface area contributed by atoms with Gasteiger partial charge in [0.1, 0.15) is 5.78 Å². The normalized spacial score (nSPS) is 31.5. The smallest absolute Gasteiger partial charge is 0.250 e. The van der Waals surface area contributed by atoms with Crippen molar-refractivity contribution in [1.82, 2.24) is 0 Å². The van der Waals surface area contributed by atoms with E-state index in [1.165, 1.54) is 33.4 Å². The number of carbonyl (C=O) groups excluding carboxylic acids is 1. The molecule has 5 aliphatic rings. The van der Waals surface area contributed by atoms with Crippen molar-refractivity contribution in [3.63, 3.8) is 0 Å². The van der Waals surface area contributed by atoms with E-state index in [1.54, 1.807) is 0 Å². The second kappa shape index (κ2) is 10.9. The first-order valence-corrected chi connectivity index (χ1v) is 22.8. The second-order valence-electron chi connectivity index (χ2n) is 17.9. The predicted molar refractivity (Wildman–Crippen MR) is 183 cm³/mol. The van der Waals surface area contributed by atoms with Gasteiger partial charge in [-0.1, -0.05) is 63.8 Å². The molecule has 3 fully saturated rings. The minimum atomic E-state index is -2.04. The summed E-state index contributed by atoms with van der Waals surface area (Å²) in [5, 5.41) is 0.232. The van der Waals surface area contributed by atoms with Crippen molar-refractivity contribution in [3.05, 3.63) is 45.0 Å². The quantitative estimate of drug-likeness (QED) is 0.231. The Hall–Kier alpha value is -1.38. The molecule has 240 valence electrons. The number of ether oxygens (including phenoxy) is 1. The van der Waals surface area contributed by atoms with E-state index in [1.807, 2.05) is 0 Å². The van der Waals surface area contributed by atoms with Gasteiger partial charge in [0.2, 0.25) is 16.6 Å². The van der Waals surface area contributed by atoms with Gasteiger partial charge in [-0.05, 0) is 113 Å². The number of hydrogen-bond acceptors (Lipinski definition) is 4. The van der Waals surface area contributed by atoms with Crippen LogP contribution < -0.4 is 0 Å². The molecule has 1 aliphatic heterocycles. The number of carbonyl (C=O) groups is 1. The summed E-state index contributed by atoms with van der Waals surface area (Å²) >= 11 is 0. The van der Waals surface area contributed by atoms with Crippen LogP contribution in [0.1, 0.15) is 108 Å². The maximum atomic E-state index is 14.9. The average Bonchev–Trinajstić information content (AvgIpc) is 3.48. The minimum absolute atomic E-state index is 0.0697. The Kier molecular flexibility index (Phi) is 8.34. The van der Waals surface area contributed by atoms with Crippen LogP contribution in [0.5, 0.6) is 0 Å². The van der Waals surface area contributed by atoms with Crippen LogP contribution in [0.3, 0.4) is 0 Å². The van der Waals surface area contributed by atoms with Gasteiger partial charge in [-0.2, -0.15) is 0 Å². The van der Waals surface area contributed by atoms with Crippen LogP contribution in [-0.4, -0.2) is 34.6 Å². The Morgan fingerprint density at radius 1 is 0.651 bits per heavy atom. The predicted octanol–water partition coefficient (Wildman–Crippen LogP) is 10.4. The molecule has 5 rings (SSSR count). The van der Waals surface area contributed by atoms with Gasteiger partial charge >= 0.3 is 0 Å². The Bertz CT molecular complexity index is 1210. The van der Waals surface area contributed by atoms with Crippen molar-refractivity contribution in [3.8, 4) is 0 Å². The Morgan fingerprint density at radius 2 is 1.00 bits per heavy atom. The molecule has 0 aromatic carbocycles. The first-order valence-electron chi connectivity index (χ1n) is 16.9. The zero-order valence-corrected chi connectivity index (χ0v) is 31.8. The molecule has 4 nitrogen and oxygen atoms in total. The van der Waals surface area contributed by atoms with Crippen LogP contribution in [0.25, 0.3) is 0 Å². The van der Waals surface area contributed by atoms with Gasteiger partial charge in [0.05, 0.1) is 35.6 Å². The van der Waals surface area contributed by atoms with Gasteiger partial charge in [-0.3, -0.25) is 4.79 Å². The molecule has 0 unspecified atom stereocenters. The highest BCUT2D eigenvalue weighted by Gasteiger charge is 2.58. The third-order valence-electron chi connectivity index (χ3n) is 12.6. The summed E-state index contributed by atoms with van der Waals surface area (Å²) in [5.74, 6) is 3.04. The molecule has 6 heteroatoms. The fourth-order valence-electron chi connectivity index (χ4n) is 7.72. The standard InChI is InChI=1S/C37H60O4Si2/c1-21(2)23-15-25-27(17-23)33-31(19-29(25)40-42(11,12)36(5,6)7)39-32-20-30(41-43(13,14)37(8,9)10)26-16-24(22(3)4)18-28(26)34(32)35(33)38/h27-28,31-34H,15-20H2,1-14H3/t27-,28-,31+,32+,33-,34-/m1/s1. The molecule has 6 atom stereocenters. The number of hydrogen-bond donors (Lipinski definition) is 0. The molecule has 0 spiro atoms. The summed E-state index contributed by atoms with van der Waals surface area (Å²) in [5.41, 5.74) is 8.59. The largest absolute Gasteiger partial charge is 0.546 e. The molecule has 0 aromatic rings. The van der Waals surface area contributed by atoms with E-state index in [-0.39, 0.29) is 46.0 Å². The summed E-state index contributed by atoms with van der Waals surface area (Å²) < 4.78 is 21.4. The summed E-state index contributed by atoms with van der Waals surface area (Å²) in [6.45, 7) is 32.2. The van der Waals surface area contributed by atoms with E-state index in [0.717, 1.165) is 50.0 Å². The highest BCUT2D eigenvalue weighted by molar-refractivity contribution is 6.74. The number of rotatable bonds is 4. The Morgan fingerprint density at radius 3 is 1.30 bits per heavy atom. The van der Waals surface area contributed by atoms with Crippen molar-refractivity contribution in [2.75, 3.05) is 0 Å². The van der Waals surface area contributed by atoms with Gasteiger partial charge in [0, 0.05) is 12.8 Å². The number of fused-ring (bicyclic) bond motifs is 6. The highest BCUT2D eigenvalue weighted by Crippen LogP contribution is 2.58. The zero-order valence-electron chi connectivity index (χ0n) is 29.8. The maximum Gasteiger partial charge on any atom is 0.250 e. The molecule has 0 aromatic heterocycles. The lowest BCUT2D eigenvalue weighted by atomic mass is 9.64. The van der Waals surface area contributed by atoms with Crippen LogP contribution >= 0.6 is 0 Å². The minimum Gasteiger partial charge on any atom is -0.546 e. The number of Topliss-reactive ketones (excluding diaryl/α,β-unsaturated/α-hetero) is 1. The van der Waals surface area contributed by atoms with Crippen LogP contribution in [0, 0.1) is 23.7 Å². The zero-order chi connectivity index (χ0) is 32.0. The fourth-order valence-corrected chi connectivity index (χ4v) is 9.99. The molecule has 1 saturated heterocycles. The highest BCUT2D eigenvalue weighted by atomic mass is 28.4. The van der Waals surface area contributed by atoms with Gasteiger partial charge in [0.15, 0.2) is 0 Å². The topological polar surface area (TPSA) is 44.8 Å². The van der Waals surface area contributed by atoms with Gasteiger partial charge in [0.25, 0.3) is 0 Å². The lowest BCUT2D eigenvalue weighted by Gasteiger charge is -2.51.